The molecule has 1 aliphatic carbocycles. The van der Waals surface area contributed by atoms with Gasteiger partial charge in [-0.3, -0.25) is 0 Å². The quantitative estimate of drug-likeness (QED) is 0.555. The van der Waals surface area contributed by atoms with E-state index in [2.05, 4.69) is 27.4 Å². The van der Waals surface area contributed by atoms with Crippen molar-refractivity contribution in [2.24, 2.45) is 17.8 Å². The summed E-state index contributed by atoms with van der Waals surface area (Å²) in [5.74, 6) is 2.51. The molecule has 0 heterocycles. The first-order valence-electron chi connectivity index (χ1n) is 5.28. The normalized spacial score (nSPS) is 21.7. The molecule has 0 spiro atoms. The predicted molar refractivity (Wildman–Crippen MR) is 55.1 cm³/mol. The van der Waals surface area contributed by atoms with Crippen molar-refractivity contribution in [1.29, 1.82) is 0 Å². The molecule has 0 aliphatic heterocycles. The standard InChI is InChI=1S/C12H22/c1-9(2)12(10(3)4)11-7-5-6-8-11/h10-12H,1,5-8H2,2-4H3. The first kappa shape index (κ1) is 9.83. The van der Waals surface area contributed by atoms with E-state index < -0.39 is 0 Å². The van der Waals surface area contributed by atoms with Crippen LogP contribution < -0.4 is 0 Å². The highest BCUT2D eigenvalue weighted by Gasteiger charge is 2.27. The summed E-state index contributed by atoms with van der Waals surface area (Å²) in [5.41, 5.74) is 1.40. The third kappa shape index (κ3) is 2.12. The average Bonchev–Trinajstić information content (AvgIpc) is 2.37. The second-order valence-electron chi connectivity index (χ2n) is 4.66. The Morgan fingerprint density at radius 1 is 1.25 bits per heavy atom. The van der Waals surface area contributed by atoms with Crippen molar-refractivity contribution >= 4 is 0 Å². The minimum atomic E-state index is 0.783. The smallest absolute Gasteiger partial charge is 0.0157 e. The molecule has 1 aliphatic rings. The van der Waals surface area contributed by atoms with Gasteiger partial charge in [0, 0.05) is 0 Å². The Morgan fingerprint density at radius 2 is 1.75 bits per heavy atom. The lowest BCUT2D eigenvalue weighted by Gasteiger charge is -2.27. The van der Waals surface area contributed by atoms with Gasteiger partial charge in [0.25, 0.3) is 0 Å². The Balaban J connectivity index is 2.58. The highest BCUT2D eigenvalue weighted by atomic mass is 14.3. The van der Waals surface area contributed by atoms with E-state index in [1.165, 1.54) is 31.3 Å². The SMILES string of the molecule is C=C(C)C(C(C)C)C1CCCC1. The summed E-state index contributed by atoms with van der Waals surface area (Å²) >= 11 is 0. The molecule has 0 heteroatoms. The molecule has 0 nitrogen and oxygen atoms in total. The van der Waals surface area contributed by atoms with Gasteiger partial charge in [0.15, 0.2) is 0 Å². The first-order chi connectivity index (χ1) is 5.63. The van der Waals surface area contributed by atoms with E-state index in [1.807, 2.05) is 0 Å². The Kier molecular flexibility index (Phi) is 3.37. The molecule has 1 fully saturated rings. The molecule has 0 amide bonds. The van der Waals surface area contributed by atoms with Crippen LogP contribution in [0.25, 0.3) is 0 Å². The van der Waals surface area contributed by atoms with Crippen LogP contribution in [0.3, 0.4) is 0 Å². The average molecular weight is 166 g/mol. The summed E-state index contributed by atoms with van der Waals surface area (Å²) in [6.07, 6.45) is 5.77. The Morgan fingerprint density at radius 3 is 2.08 bits per heavy atom. The summed E-state index contributed by atoms with van der Waals surface area (Å²) < 4.78 is 0. The number of hydrogen-bond donors (Lipinski definition) is 0. The molecular weight excluding hydrogens is 144 g/mol. The highest BCUT2D eigenvalue weighted by Crippen LogP contribution is 2.38. The Labute approximate surface area is 77.1 Å². The lowest BCUT2D eigenvalue weighted by atomic mass is 9.78. The van der Waals surface area contributed by atoms with Crippen LogP contribution in [0.4, 0.5) is 0 Å². The van der Waals surface area contributed by atoms with E-state index >= 15 is 0 Å². The first-order valence-corrected chi connectivity index (χ1v) is 5.28. The van der Waals surface area contributed by atoms with Crippen molar-refractivity contribution in [2.45, 2.75) is 46.5 Å². The number of rotatable bonds is 3. The summed E-state index contributed by atoms with van der Waals surface area (Å²) in [7, 11) is 0. The maximum atomic E-state index is 4.12. The van der Waals surface area contributed by atoms with E-state index in [0.717, 1.165) is 17.8 Å². The van der Waals surface area contributed by atoms with E-state index in [4.69, 9.17) is 0 Å². The minimum absolute atomic E-state index is 0.783. The third-order valence-electron chi connectivity index (χ3n) is 3.19. The molecular formula is C12H22. The van der Waals surface area contributed by atoms with Crippen LogP contribution in [0, 0.1) is 17.8 Å². The minimum Gasteiger partial charge on any atom is -0.0998 e. The fraction of sp³-hybridized carbons (Fsp3) is 0.833. The zero-order chi connectivity index (χ0) is 9.14. The van der Waals surface area contributed by atoms with Crippen LogP contribution in [-0.2, 0) is 0 Å². The second-order valence-corrected chi connectivity index (χ2v) is 4.66. The van der Waals surface area contributed by atoms with Crippen molar-refractivity contribution < 1.29 is 0 Å². The fourth-order valence-electron chi connectivity index (χ4n) is 2.83. The van der Waals surface area contributed by atoms with Crippen molar-refractivity contribution in [3.8, 4) is 0 Å². The zero-order valence-electron chi connectivity index (χ0n) is 8.77. The van der Waals surface area contributed by atoms with Crippen molar-refractivity contribution in [3.05, 3.63) is 12.2 Å². The van der Waals surface area contributed by atoms with Crippen LogP contribution >= 0.6 is 0 Å². The van der Waals surface area contributed by atoms with Crippen molar-refractivity contribution in [1.82, 2.24) is 0 Å². The summed E-state index contributed by atoms with van der Waals surface area (Å²) in [6.45, 7) is 11.0. The van der Waals surface area contributed by atoms with Gasteiger partial charge in [0.05, 0.1) is 0 Å². The van der Waals surface area contributed by atoms with Crippen LogP contribution in [0.15, 0.2) is 12.2 Å². The monoisotopic (exact) mass is 166 g/mol. The summed E-state index contributed by atoms with van der Waals surface area (Å²) in [4.78, 5) is 0. The van der Waals surface area contributed by atoms with Gasteiger partial charge in [-0.2, -0.15) is 0 Å². The topological polar surface area (TPSA) is 0 Å². The van der Waals surface area contributed by atoms with Gasteiger partial charge in [-0.05, 0) is 37.5 Å². The summed E-state index contributed by atoms with van der Waals surface area (Å²) in [5, 5.41) is 0. The predicted octanol–water partition coefficient (Wildman–Crippen LogP) is 4.02. The van der Waals surface area contributed by atoms with E-state index in [9.17, 15) is 0 Å². The van der Waals surface area contributed by atoms with Gasteiger partial charge >= 0.3 is 0 Å². The van der Waals surface area contributed by atoms with E-state index in [0.29, 0.717) is 0 Å². The van der Waals surface area contributed by atoms with Crippen LogP contribution in [0.5, 0.6) is 0 Å². The largest absolute Gasteiger partial charge is 0.0998 e. The molecule has 0 bridgehead atoms. The van der Waals surface area contributed by atoms with E-state index in [-0.39, 0.29) is 0 Å². The molecule has 1 atom stereocenters. The van der Waals surface area contributed by atoms with Gasteiger partial charge < -0.3 is 0 Å². The Bertz CT molecular complexity index is 149. The molecule has 12 heavy (non-hydrogen) atoms. The molecule has 0 saturated heterocycles. The van der Waals surface area contributed by atoms with Crippen molar-refractivity contribution in [2.75, 3.05) is 0 Å². The molecule has 1 unspecified atom stereocenters. The lowest BCUT2D eigenvalue weighted by Crippen LogP contribution is -2.18. The van der Waals surface area contributed by atoms with E-state index in [1.54, 1.807) is 0 Å². The third-order valence-corrected chi connectivity index (χ3v) is 3.19. The highest BCUT2D eigenvalue weighted by molar-refractivity contribution is 5.01. The van der Waals surface area contributed by atoms with Gasteiger partial charge in [-0.25, -0.2) is 0 Å². The zero-order valence-corrected chi connectivity index (χ0v) is 8.77. The second kappa shape index (κ2) is 4.11. The van der Waals surface area contributed by atoms with Gasteiger partial charge in [0.2, 0.25) is 0 Å². The maximum Gasteiger partial charge on any atom is -0.0157 e. The molecule has 1 saturated carbocycles. The fourth-order valence-corrected chi connectivity index (χ4v) is 2.83. The number of allylic oxidation sites excluding steroid dienone is 1. The Hall–Kier alpha value is -0.260. The van der Waals surface area contributed by atoms with Gasteiger partial charge in [0.1, 0.15) is 0 Å². The molecule has 1 rings (SSSR count). The molecule has 0 radical (unpaired) electrons. The maximum absolute atomic E-state index is 4.12. The molecule has 70 valence electrons. The summed E-state index contributed by atoms with van der Waals surface area (Å²) in [6, 6.07) is 0. The molecule has 0 aromatic rings. The molecule has 0 aromatic carbocycles. The van der Waals surface area contributed by atoms with Crippen LogP contribution in [0.2, 0.25) is 0 Å². The number of hydrogen-bond acceptors (Lipinski definition) is 0. The van der Waals surface area contributed by atoms with Crippen LogP contribution in [-0.4, -0.2) is 0 Å². The van der Waals surface area contributed by atoms with Gasteiger partial charge in [-0.15, -0.1) is 0 Å². The van der Waals surface area contributed by atoms with Gasteiger partial charge in [-0.1, -0.05) is 38.8 Å². The lowest BCUT2D eigenvalue weighted by molar-refractivity contribution is 0.302. The molecule has 0 aromatic heterocycles. The molecule has 0 N–H and O–H groups in total. The van der Waals surface area contributed by atoms with Crippen molar-refractivity contribution in [3.63, 3.8) is 0 Å². The van der Waals surface area contributed by atoms with Crippen LogP contribution in [0.1, 0.15) is 46.5 Å².